The zero-order valence-corrected chi connectivity index (χ0v) is 13.7. The normalized spacial score (nSPS) is 16.2. The first-order valence-corrected chi connectivity index (χ1v) is 8.61. The van der Waals surface area contributed by atoms with Crippen LogP contribution in [-0.4, -0.2) is 59.9 Å². The monoisotopic (exact) mass is 306 g/mol. The first kappa shape index (κ1) is 18.9. The van der Waals surface area contributed by atoms with Crippen molar-refractivity contribution in [1.82, 2.24) is 0 Å². The second-order valence-electron chi connectivity index (χ2n) is 5.50. The van der Waals surface area contributed by atoms with Crippen LogP contribution in [0.5, 0.6) is 0 Å². The van der Waals surface area contributed by atoms with Crippen LogP contribution in [0.4, 0.5) is 0 Å². The lowest BCUT2D eigenvalue weighted by atomic mass is 10.0. The second-order valence-corrected chi connectivity index (χ2v) is 9.47. The summed E-state index contributed by atoms with van der Waals surface area (Å²) in [5.74, 6) is -2.46. The minimum Gasteiger partial charge on any atom is -0.478 e. The van der Waals surface area contributed by atoms with Gasteiger partial charge in [-0.25, -0.2) is 9.59 Å². The van der Waals surface area contributed by atoms with Crippen molar-refractivity contribution in [3.63, 3.8) is 0 Å². The van der Waals surface area contributed by atoms with Crippen molar-refractivity contribution in [2.75, 3.05) is 33.5 Å². The van der Waals surface area contributed by atoms with Gasteiger partial charge in [-0.15, -0.1) is 0 Å². The predicted octanol–water partition coefficient (Wildman–Crippen LogP) is 2.26. The maximum atomic E-state index is 12.8. The third kappa shape index (κ3) is 4.46. The molecule has 7 heteroatoms. The van der Waals surface area contributed by atoms with Gasteiger partial charge in [-0.05, 0) is 12.8 Å². The van der Waals surface area contributed by atoms with Crippen LogP contribution < -0.4 is 0 Å². The molecule has 2 N–H and O–H groups in total. The Morgan fingerprint density at radius 3 is 1.70 bits per heavy atom. The highest BCUT2D eigenvalue weighted by molar-refractivity contribution is 7.58. The first-order chi connectivity index (χ1) is 9.00. The van der Waals surface area contributed by atoms with E-state index in [-0.39, 0.29) is 34.4 Å². The van der Waals surface area contributed by atoms with Crippen LogP contribution in [0.15, 0.2) is 11.1 Å². The van der Waals surface area contributed by atoms with Crippen molar-refractivity contribution in [3.05, 3.63) is 11.1 Å². The van der Waals surface area contributed by atoms with Crippen molar-refractivity contribution >= 4 is 19.2 Å². The van der Waals surface area contributed by atoms with E-state index < -0.39 is 19.2 Å². The van der Waals surface area contributed by atoms with E-state index in [2.05, 4.69) is 0 Å². The van der Waals surface area contributed by atoms with Gasteiger partial charge in [-0.3, -0.25) is 8.82 Å². The Bertz CT molecular complexity index is 462. The fourth-order valence-corrected chi connectivity index (χ4v) is 4.39. The van der Waals surface area contributed by atoms with Crippen LogP contribution in [0.2, 0.25) is 0 Å². The summed E-state index contributed by atoms with van der Waals surface area (Å²) in [5.41, 5.74) is -0.247. The van der Waals surface area contributed by atoms with E-state index in [1.54, 1.807) is 6.92 Å². The van der Waals surface area contributed by atoms with Gasteiger partial charge in [0.15, 0.2) is 0 Å². The highest BCUT2D eigenvalue weighted by Gasteiger charge is 2.35. The molecule has 0 aromatic carbocycles. The number of hydrogen-bond acceptors (Lipinski definition) is 3. The number of carboxylic acids is 2. The minimum atomic E-state index is -2.61. The minimum absolute atomic E-state index is 0.0193. The van der Waals surface area contributed by atoms with Crippen molar-refractivity contribution in [2.24, 2.45) is 0 Å². The Labute approximate surface area is 120 Å². The molecule has 0 aliphatic carbocycles. The summed E-state index contributed by atoms with van der Waals surface area (Å²) < 4.78 is 13.1. The average molecular weight is 306 g/mol. The zero-order valence-electron chi connectivity index (χ0n) is 12.8. The molecule has 0 amide bonds. The number of hydrogen-bond donors (Lipinski definition) is 2. The van der Waals surface area contributed by atoms with E-state index in [1.165, 1.54) is 0 Å². The van der Waals surface area contributed by atoms with E-state index in [0.29, 0.717) is 6.16 Å². The molecule has 0 aromatic rings. The molecular formula is C13H25NO5P+. The molecule has 6 nitrogen and oxygen atoms in total. The summed E-state index contributed by atoms with van der Waals surface area (Å²) >= 11 is 0. The summed E-state index contributed by atoms with van der Waals surface area (Å²) in [6.07, 6.45) is 0.812. The largest absolute Gasteiger partial charge is 0.478 e. The van der Waals surface area contributed by atoms with Gasteiger partial charge < -0.3 is 10.2 Å². The van der Waals surface area contributed by atoms with Crippen LogP contribution in [0.3, 0.4) is 0 Å². The van der Waals surface area contributed by atoms with Crippen LogP contribution >= 0.6 is 7.29 Å². The van der Waals surface area contributed by atoms with Gasteiger partial charge in [0, 0.05) is 17.3 Å². The summed E-state index contributed by atoms with van der Waals surface area (Å²) in [4.78, 5) is 22.3. The fraction of sp³-hybridized carbons (Fsp3) is 0.692. The van der Waals surface area contributed by atoms with E-state index in [4.69, 9.17) is 5.11 Å². The Kier molecular flexibility index (Phi) is 6.65. The quantitative estimate of drug-likeness (QED) is 0.530. The van der Waals surface area contributed by atoms with Crippen molar-refractivity contribution < 1.29 is 28.6 Å². The summed E-state index contributed by atoms with van der Waals surface area (Å²) in [5, 5.41) is 18.2. The standard InChI is InChI=1S/C13H24NO5P/c1-6-10(12(15)16)11(13(17)18)8-9-20(19,7-2)14(3,4)5/h6-9H2,1-5H3,(H-,15,16,17,18)/p+1/b11-10-. The molecule has 0 spiro atoms. The third-order valence-electron chi connectivity index (χ3n) is 3.53. The molecule has 1 atom stereocenters. The van der Waals surface area contributed by atoms with E-state index in [1.807, 2.05) is 28.1 Å². The number of aliphatic carboxylic acids is 2. The lowest BCUT2D eigenvalue weighted by Gasteiger charge is -2.33. The molecule has 0 aliphatic rings. The Morgan fingerprint density at radius 1 is 1.00 bits per heavy atom. The highest BCUT2D eigenvalue weighted by Crippen LogP contribution is 2.53. The molecule has 1 unspecified atom stereocenters. The van der Waals surface area contributed by atoms with Gasteiger partial charge in [0.25, 0.3) is 0 Å². The van der Waals surface area contributed by atoms with Gasteiger partial charge in [-0.2, -0.15) is 0 Å². The number of carboxylic acid groups (broad SMARTS) is 2. The molecule has 0 radical (unpaired) electrons. The van der Waals surface area contributed by atoms with Crippen LogP contribution in [-0.2, 0) is 14.2 Å². The first-order valence-electron chi connectivity index (χ1n) is 6.58. The number of carbonyl (C=O) groups is 2. The summed E-state index contributed by atoms with van der Waals surface area (Å²) in [6.45, 7) is 3.41. The number of quaternary nitrogens is 1. The molecular weight excluding hydrogens is 281 g/mol. The van der Waals surface area contributed by atoms with Crippen molar-refractivity contribution in [2.45, 2.75) is 26.7 Å². The maximum absolute atomic E-state index is 12.8. The average Bonchev–Trinajstić information content (AvgIpc) is 2.31. The second kappa shape index (κ2) is 7.04. The molecule has 116 valence electrons. The van der Waals surface area contributed by atoms with Gasteiger partial charge in [0.1, 0.15) is 0 Å². The summed E-state index contributed by atoms with van der Waals surface area (Å²) in [6, 6.07) is 0. The Balaban J connectivity index is 5.41. The molecule has 20 heavy (non-hydrogen) atoms. The zero-order chi connectivity index (χ0) is 16.1. The molecule has 0 saturated heterocycles. The van der Waals surface area contributed by atoms with Crippen molar-refractivity contribution in [1.29, 1.82) is 0 Å². The van der Waals surface area contributed by atoms with Gasteiger partial charge in [0.05, 0.1) is 27.3 Å². The molecule has 0 saturated carbocycles. The molecule has 0 aliphatic heterocycles. The van der Waals surface area contributed by atoms with E-state index in [9.17, 15) is 19.3 Å². The van der Waals surface area contributed by atoms with Gasteiger partial charge >= 0.3 is 11.9 Å². The lowest BCUT2D eigenvalue weighted by molar-refractivity contribution is -0.746. The highest BCUT2D eigenvalue weighted by atomic mass is 31.2. The predicted molar refractivity (Wildman–Crippen MR) is 78.3 cm³/mol. The van der Waals surface area contributed by atoms with E-state index in [0.717, 1.165) is 0 Å². The van der Waals surface area contributed by atoms with Gasteiger partial charge in [0.2, 0.25) is 7.29 Å². The lowest BCUT2D eigenvalue weighted by Crippen LogP contribution is -2.33. The molecule has 0 fully saturated rings. The van der Waals surface area contributed by atoms with E-state index >= 15 is 0 Å². The SMILES string of the molecule is CC/C(C(=O)O)=C(\CCP(=O)(CC)[N+](C)(C)C)C(=O)O. The topological polar surface area (TPSA) is 91.7 Å². The van der Waals surface area contributed by atoms with Crippen molar-refractivity contribution in [3.8, 4) is 0 Å². The van der Waals surface area contributed by atoms with Gasteiger partial charge in [-0.1, -0.05) is 13.8 Å². The fourth-order valence-electron chi connectivity index (χ4n) is 2.05. The Hall–Kier alpha value is -1.13. The molecule has 0 aromatic heterocycles. The molecule has 0 heterocycles. The maximum Gasteiger partial charge on any atom is 0.332 e. The van der Waals surface area contributed by atoms with Crippen LogP contribution in [0, 0.1) is 0 Å². The third-order valence-corrected chi connectivity index (χ3v) is 7.63. The Morgan fingerprint density at radius 2 is 1.45 bits per heavy atom. The molecule has 0 rings (SSSR count). The number of rotatable bonds is 8. The summed E-state index contributed by atoms with van der Waals surface area (Å²) in [7, 11) is 2.82. The van der Waals surface area contributed by atoms with Crippen LogP contribution in [0.25, 0.3) is 0 Å². The van der Waals surface area contributed by atoms with Crippen LogP contribution in [0.1, 0.15) is 26.7 Å². The molecule has 0 bridgehead atoms. The number of nitrogens with zero attached hydrogens (tertiary/aromatic N) is 1. The smallest absolute Gasteiger partial charge is 0.332 e.